The van der Waals surface area contributed by atoms with Gasteiger partial charge in [0, 0.05) is 19.3 Å². The summed E-state index contributed by atoms with van der Waals surface area (Å²) in [5.74, 6) is -0.338. The fourth-order valence-corrected chi connectivity index (χ4v) is 3.03. The summed E-state index contributed by atoms with van der Waals surface area (Å²) >= 11 is 9.41. The van der Waals surface area contributed by atoms with Crippen molar-refractivity contribution in [1.82, 2.24) is 15.2 Å². The van der Waals surface area contributed by atoms with Crippen molar-refractivity contribution in [3.63, 3.8) is 0 Å². The van der Waals surface area contributed by atoms with Crippen molar-refractivity contribution in [1.29, 1.82) is 0 Å². The quantitative estimate of drug-likeness (QED) is 0.733. The van der Waals surface area contributed by atoms with Gasteiger partial charge in [-0.05, 0) is 29.3 Å². The number of aromatic nitrogens is 1. The predicted octanol–water partition coefficient (Wildman–Crippen LogP) is 2.24. The normalized spacial score (nSPS) is 21.7. The van der Waals surface area contributed by atoms with Crippen LogP contribution in [0.3, 0.4) is 0 Å². The molecule has 1 aromatic rings. The van der Waals surface area contributed by atoms with E-state index in [9.17, 15) is 9.59 Å². The summed E-state index contributed by atoms with van der Waals surface area (Å²) < 4.78 is 5.96. The lowest BCUT2D eigenvalue weighted by atomic mass is 10.0. The molecular weight excluding hydrogens is 378 g/mol. The third-order valence-electron chi connectivity index (χ3n) is 3.73. The SMILES string of the molecule is CO[C@H]1CN(C(=O)O)CC[C@H]1NC(=O)c1[nH]c(C)c(Br)c1Cl. The summed E-state index contributed by atoms with van der Waals surface area (Å²) in [6.07, 6.45) is -0.902. The average molecular weight is 395 g/mol. The van der Waals surface area contributed by atoms with Gasteiger partial charge in [-0.25, -0.2) is 4.79 Å². The van der Waals surface area contributed by atoms with E-state index in [1.165, 1.54) is 12.0 Å². The zero-order valence-electron chi connectivity index (χ0n) is 12.2. The first-order chi connectivity index (χ1) is 10.3. The maximum absolute atomic E-state index is 12.3. The smallest absolute Gasteiger partial charge is 0.407 e. The van der Waals surface area contributed by atoms with Gasteiger partial charge < -0.3 is 25.0 Å². The van der Waals surface area contributed by atoms with Gasteiger partial charge in [0.05, 0.1) is 28.2 Å². The largest absolute Gasteiger partial charge is 0.465 e. The molecule has 0 unspecified atom stereocenters. The molecule has 0 bridgehead atoms. The fourth-order valence-electron chi connectivity index (χ4n) is 2.46. The monoisotopic (exact) mass is 393 g/mol. The summed E-state index contributed by atoms with van der Waals surface area (Å²) in [6, 6.07) is -0.272. The van der Waals surface area contributed by atoms with Crippen molar-refractivity contribution in [2.24, 2.45) is 0 Å². The van der Waals surface area contributed by atoms with Crippen LogP contribution in [0.1, 0.15) is 22.6 Å². The number of likely N-dealkylation sites (tertiary alicyclic amines) is 1. The highest BCUT2D eigenvalue weighted by molar-refractivity contribution is 9.10. The molecule has 0 saturated carbocycles. The standard InChI is InChI=1S/C13H17BrClN3O4/c1-6-9(14)10(15)11(16-6)12(19)17-7-3-4-18(13(20)21)5-8(7)22-2/h7-8,16H,3-5H2,1-2H3,(H,17,19)(H,20,21)/t7-,8+/m1/s1. The van der Waals surface area contributed by atoms with Crippen LogP contribution in [0.2, 0.25) is 5.02 Å². The maximum Gasteiger partial charge on any atom is 0.407 e. The van der Waals surface area contributed by atoms with Crippen molar-refractivity contribution >= 4 is 39.5 Å². The lowest BCUT2D eigenvalue weighted by Gasteiger charge is -2.36. The number of halogens is 2. The number of aryl methyl sites for hydroxylation is 1. The van der Waals surface area contributed by atoms with Gasteiger partial charge in [-0.15, -0.1) is 0 Å². The summed E-state index contributed by atoms with van der Waals surface area (Å²) in [6.45, 7) is 2.37. The van der Waals surface area contributed by atoms with Crippen LogP contribution in [-0.4, -0.2) is 59.3 Å². The molecule has 1 saturated heterocycles. The molecule has 1 fully saturated rings. The number of ether oxygens (including phenoxy) is 1. The number of rotatable bonds is 3. The zero-order valence-corrected chi connectivity index (χ0v) is 14.5. The summed E-state index contributed by atoms with van der Waals surface area (Å²) in [7, 11) is 1.50. The van der Waals surface area contributed by atoms with Crippen molar-refractivity contribution in [3.05, 3.63) is 20.9 Å². The molecule has 1 aromatic heterocycles. The molecule has 122 valence electrons. The highest BCUT2D eigenvalue weighted by Crippen LogP contribution is 2.29. The highest BCUT2D eigenvalue weighted by Gasteiger charge is 2.33. The minimum atomic E-state index is -0.987. The van der Waals surface area contributed by atoms with E-state index in [0.717, 1.165) is 5.69 Å². The Bertz CT molecular complexity index is 592. The Kier molecular flexibility index (Phi) is 5.36. The molecule has 2 rings (SSSR count). The number of hydrogen-bond donors (Lipinski definition) is 3. The van der Waals surface area contributed by atoms with E-state index in [1.807, 2.05) is 0 Å². The molecule has 1 aliphatic rings. The molecule has 7 nitrogen and oxygen atoms in total. The van der Waals surface area contributed by atoms with Gasteiger partial charge in [0.1, 0.15) is 5.69 Å². The number of hydrogen-bond acceptors (Lipinski definition) is 3. The zero-order chi connectivity index (χ0) is 16.4. The molecule has 0 spiro atoms. The van der Waals surface area contributed by atoms with E-state index < -0.39 is 12.2 Å². The number of aromatic amines is 1. The second-order valence-corrected chi connectivity index (χ2v) is 6.30. The number of nitrogens with zero attached hydrogens (tertiary/aromatic N) is 1. The van der Waals surface area contributed by atoms with Crippen molar-refractivity contribution in [2.75, 3.05) is 20.2 Å². The molecule has 0 aromatic carbocycles. The molecular formula is C13H17BrClN3O4. The lowest BCUT2D eigenvalue weighted by molar-refractivity contribution is 0.0101. The highest BCUT2D eigenvalue weighted by atomic mass is 79.9. The molecule has 1 aliphatic heterocycles. The molecule has 2 heterocycles. The summed E-state index contributed by atoms with van der Waals surface area (Å²) in [4.78, 5) is 27.6. The Labute approximate surface area is 141 Å². The van der Waals surface area contributed by atoms with Crippen LogP contribution < -0.4 is 5.32 Å². The fraction of sp³-hybridized carbons (Fsp3) is 0.538. The third kappa shape index (κ3) is 3.39. The first-order valence-electron chi connectivity index (χ1n) is 6.70. The van der Waals surface area contributed by atoms with Crippen LogP contribution in [0.15, 0.2) is 4.47 Å². The number of nitrogens with one attached hydrogen (secondary N) is 2. The van der Waals surface area contributed by atoms with Crippen LogP contribution in [0.4, 0.5) is 4.79 Å². The van der Waals surface area contributed by atoms with Gasteiger partial charge in [0.25, 0.3) is 5.91 Å². The van der Waals surface area contributed by atoms with E-state index >= 15 is 0 Å². The minimum absolute atomic E-state index is 0.220. The number of methoxy groups -OCH3 is 1. The number of carboxylic acid groups (broad SMARTS) is 1. The van der Waals surface area contributed by atoms with Gasteiger partial charge in [0.15, 0.2) is 0 Å². The van der Waals surface area contributed by atoms with Crippen molar-refractivity contribution < 1.29 is 19.4 Å². The van der Waals surface area contributed by atoms with Crippen LogP contribution >= 0.6 is 27.5 Å². The van der Waals surface area contributed by atoms with Crippen LogP contribution in [0.5, 0.6) is 0 Å². The third-order valence-corrected chi connectivity index (χ3v) is 5.33. The number of H-pyrrole nitrogens is 1. The van der Waals surface area contributed by atoms with E-state index in [4.69, 9.17) is 21.4 Å². The second-order valence-electron chi connectivity index (χ2n) is 5.12. The van der Waals surface area contributed by atoms with Crippen LogP contribution in [-0.2, 0) is 4.74 Å². The molecule has 9 heteroatoms. The summed E-state index contributed by atoms with van der Waals surface area (Å²) in [5.41, 5.74) is 1.04. The minimum Gasteiger partial charge on any atom is -0.465 e. The molecule has 22 heavy (non-hydrogen) atoms. The average Bonchev–Trinajstić information content (AvgIpc) is 2.75. The first-order valence-corrected chi connectivity index (χ1v) is 7.87. The van der Waals surface area contributed by atoms with Gasteiger partial charge in [-0.2, -0.15) is 0 Å². The Morgan fingerprint density at radius 2 is 2.23 bits per heavy atom. The van der Waals surface area contributed by atoms with Gasteiger partial charge in [-0.1, -0.05) is 11.6 Å². The Hall–Kier alpha value is -1.25. The summed E-state index contributed by atoms with van der Waals surface area (Å²) in [5, 5.41) is 12.2. The Morgan fingerprint density at radius 1 is 1.55 bits per heavy atom. The Morgan fingerprint density at radius 3 is 2.73 bits per heavy atom. The van der Waals surface area contributed by atoms with E-state index in [-0.39, 0.29) is 24.2 Å². The topological polar surface area (TPSA) is 94.7 Å². The number of amides is 2. The number of piperidine rings is 1. The van der Waals surface area contributed by atoms with Gasteiger partial charge in [-0.3, -0.25) is 4.79 Å². The lowest BCUT2D eigenvalue weighted by Crippen LogP contribution is -2.55. The van der Waals surface area contributed by atoms with E-state index in [1.54, 1.807) is 6.92 Å². The maximum atomic E-state index is 12.3. The van der Waals surface area contributed by atoms with Crippen molar-refractivity contribution in [2.45, 2.75) is 25.5 Å². The van der Waals surface area contributed by atoms with Crippen molar-refractivity contribution in [3.8, 4) is 0 Å². The van der Waals surface area contributed by atoms with Crippen LogP contribution in [0.25, 0.3) is 0 Å². The first kappa shape index (κ1) is 17.1. The number of carbonyl (C=O) groups excluding carboxylic acids is 1. The van der Waals surface area contributed by atoms with E-state index in [2.05, 4.69) is 26.2 Å². The number of carbonyl (C=O) groups is 2. The molecule has 2 atom stereocenters. The van der Waals surface area contributed by atoms with Crippen LogP contribution in [0, 0.1) is 6.92 Å². The molecule has 3 N–H and O–H groups in total. The molecule has 0 radical (unpaired) electrons. The van der Waals surface area contributed by atoms with Gasteiger partial charge in [0.2, 0.25) is 0 Å². The second kappa shape index (κ2) is 6.89. The predicted molar refractivity (Wildman–Crippen MR) is 84.5 cm³/mol. The van der Waals surface area contributed by atoms with Gasteiger partial charge >= 0.3 is 6.09 Å². The molecule has 0 aliphatic carbocycles. The van der Waals surface area contributed by atoms with E-state index in [0.29, 0.717) is 22.5 Å². The Balaban J connectivity index is 2.07. The molecule has 2 amide bonds.